The number of hydrogen-bond acceptors (Lipinski definition) is 8. The van der Waals surface area contributed by atoms with Crippen LogP contribution in [0, 0.1) is 0 Å². The Bertz CT molecular complexity index is 1220. The van der Waals surface area contributed by atoms with Crippen molar-refractivity contribution in [2.45, 2.75) is 13.0 Å². The number of pyridine rings is 1. The molecule has 4 aromatic rings. The predicted octanol–water partition coefficient (Wildman–Crippen LogP) is 2.83. The van der Waals surface area contributed by atoms with Crippen LogP contribution in [0.4, 0.5) is 5.95 Å². The highest BCUT2D eigenvalue weighted by Crippen LogP contribution is 2.17. The van der Waals surface area contributed by atoms with Gasteiger partial charge in [0.25, 0.3) is 0 Å². The van der Waals surface area contributed by atoms with Gasteiger partial charge in [0.15, 0.2) is 5.82 Å². The van der Waals surface area contributed by atoms with Crippen molar-refractivity contribution in [3.63, 3.8) is 0 Å². The smallest absolute Gasteiger partial charge is 0.321 e. The molecular weight excluding hydrogens is 418 g/mol. The molecule has 0 atom stereocenters. The van der Waals surface area contributed by atoms with Gasteiger partial charge in [0.1, 0.15) is 0 Å². The standard InChI is InChI=1S/C24H25N7O2/c1-2-6-21-20(5-1)19(16-27-21)15-26-17-22-28-23(31-9-12-32-13-10-31)30-24(29-22)33-11-7-18-4-3-8-25-14-18/h1-6,8,14-16,27H,7,9-13,17H2. The van der Waals surface area contributed by atoms with Gasteiger partial charge in [-0.05, 0) is 17.7 Å². The van der Waals surface area contributed by atoms with Crippen molar-refractivity contribution in [2.75, 3.05) is 37.8 Å². The molecule has 0 saturated carbocycles. The molecule has 1 aromatic carbocycles. The quantitative estimate of drug-likeness (QED) is 0.418. The number of morpholine rings is 1. The summed E-state index contributed by atoms with van der Waals surface area (Å²) in [5, 5.41) is 1.13. The lowest BCUT2D eigenvalue weighted by Crippen LogP contribution is -2.37. The molecule has 0 radical (unpaired) electrons. The van der Waals surface area contributed by atoms with Crippen LogP contribution in [0.2, 0.25) is 0 Å². The number of aromatic amines is 1. The summed E-state index contributed by atoms with van der Waals surface area (Å²) in [5.41, 5.74) is 3.21. The minimum Gasteiger partial charge on any atom is -0.463 e. The third-order valence-electron chi connectivity index (χ3n) is 5.37. The average Bonchev–Trinajstić information content (AvgIpc) is 3.28. The van der Waals surface area contributed by atoms with Gasteiger partial charge in [-0.1, -0.05) is 24.3 Å². The average molecular weight is 444 g/mol. The molecule has 9 nitrogen and oxygen atoms in total. The zero-order valence-corrected chi connectivity index (χ0v) is 18.2. The maximum atomic E-state index is 5.89. The largest absolute Gasteiger partial charge is 0.463 e. The van der Waals surface area contributed by atoms with Crippen LogP contribution >= 0.6 is 0 Å². The van der Waals surface area contributed by atoms with E-state index in [0.29, 0.717) is 44.1 Å². The van der Waals surface area contributed by atoms with Crippen LogP contribution in [0.5, 0.6) is 6.01 Å². The molecule has 1 aliphatic heterocycles. The maximum absolute atomic E-state index is 5.89. The Kier molecular flexibility index (Phi) is 6.48. The first kappa shape index (κ1) is 21.0. The number of aliphatic imine (C=N–C) groups is 1. The Labute approximate surface area is 191 Å². The second kappa shape index (κ2) is 10.2. The van der Waals surface area contributed by atoms with Gasteiger partial charge in [-0.2, -0.15) is 15.0 Å². The minimum absolute atomic E-state index is 0.313. The number of hydrogen-bond donors (Lipinski definition) is 1. The van der Waals surface area contributed by atoms with E-state index in [2.05, 4.69) is 40.9 Å². The zero-order chi connectivity index (χ0) is 22.3. The molecule has 0 spiro atoms. The van der Waals surface area contributed by atoms with E-state index in [1.165, 1.54) is 0 Å². The lowest BCUT2D eigenvalue weighted by molar-refractivity contribution is 0.122. The van der Waals surface area contributed by atoms with Gasteiger partial charge in [-0.25, -0.2) is 0 Å². The second-order valence-corrected chi connectivity index (χ2v) is 7.65. The summed E-state index contributed by atoms with van der Waals surface area (Å²) in [4.78, 5) is 27.8. The summed E-state index contributed by atoms with van der Waals surface area (Å²) in [6.45, 7) is 3.55. The van der Waals surface area contributed by atoms with Gasteiger partial charge in [0, 0.05) is 60.8 Å². The minimum atomic E-state index is 0.313. The van der Waals surface area contributed by atoms with E-state index in [1.807, 2.05) is 48.9 Å². The number of nitrogens with zero attached hydrogens (tertiary/aromatic N) is 6. The number of rotatable bonds is 8. The normalized spacial score (nSPS) is 14.2. The molecule has 9 heteroatoms. The van der Waals surface area contributed by atoms with E-state index in [9.17, 15) is 0 Å². The zero-order valence-electron chi connectivity index (χ0n) is 18.2. The Morgan fingerprint density at radius 2 is 2.00 bits per heavy atom. The SMILES string of the molecule is C(=NCc1nc(OCCc2cccnc2)nc(N2CCOCC2)n1)c1c[nH]c2ccccc12. The molecule has 168 valence electrons. The lowest BCUT2D eigenvalue weighted by Gasteiger charge is -2.26. The van der Waals surface area contributed by atoms with Gasteiger partial charge < -0.3 is 19.4 Å². The highest BCUT2D eigenvalue weighted by molar-refractivity contribution is 5.98. The van der Waals surface area contributed by atoms with Crippen molar-refractivity contribution in [1.82, 2.24) is 24.9 Å². The molecule has 0 bridgehead atoms. The van der Waals surface area contributed by atoms with Crippen LogP contribution in [-0.4, -0.2) is 64.0 Å². The Hall–Kier alpha value is -3.85. The Morgan fingerprint density at radius 1 is 1.09 bits per heavy atom. The first-order valence-electron chi connectivity index (χ1n) is 11.0. The van der Waals surface area contributed by atoms with E-state index in [1.54, 1.807) is 6.20 Å². The molecular formula is C24H25N7O2. The van der Waals surface area contributed by atoms with E-state index in [-0.39, 0.29) is 0 Å². The monoisotopic (exact) mass is 443 g/mol. The Balaban J connectivity index is 1.31. The van der Waals surface area contributed by atoms with Gasteiger partial charge >= 0.3 is 6.01 Å². The lowest BCUT2D eigenvalue weighted by atomic mass is 10.2. The van der Waals surface area contributed by atoms with Crippen LogP contribution in [0.1, 0.15) is 17.0 Å². The van der Waals surface area contributed by atoms with Crippen molar-refractivity contribution in [3.05, 3.63) is 71.9 Å². The van der Waals surface area contributed by atoms with Gasteiger partial charge in [-0.15, -0.1) is 0 Å². The fraction of sp³-hybridized carbons (Fsp3) is 0.292. The van der Waals surface area contributed by atoms with Gasteiger partial charge in [0.05, 0.1) is 26.4 Å². The maximum Gasteiger partial charge on any atom is 0.321 e. The van der Waals surface area contributed by atoms with Crippen molar-refractivity contribution >= 4 is 23.1 Å². The molecule has 33 heavy (non-hydrogen) atoms. The molecule has 4 heterocycles. The first-order chi connectivity index (χ1) is 16.3. The summed E-state index contributed by atoms with van der Waals surface area (Å²) < 4.78 is 11.3. The third-order valence-corrected chi connectivity index (χ3v) is 5.37. The van der Waals surface area contributed by atoms with Crippen molar-refractivity contribution in [1.29, 1.82) is 0 Å². The number of para-hydroxylation sites is 1. The van der Waals surface area contributed by atoms with E-state index in [4.69, 9.17) is 9.47 Å². The van der Waals surface area contributed by atoms with Crippen LogP contribution in [0.25, 0.3) is 10.9 Å². The summed E-state index contributed by atoms with van der Waals surface area (Å²) in [6, 6.07) is 12.4. The third kappa shape index (κ3) is 5.32. The number of fused-ring (bicyclic) bond motifs is 1. The molecule has 0 amide bonds. The molecule has 1 N–H and O–H groups in total. The fourth-order valence-corrected chi connectivity index (χ4v) is 3.66. The number of H-pyrrole nitrogens is 1. The molecule has 5 rings (SSSR count). The Morgan fingerprint density at radius 3 is 2.88 bits per heavy atom. The number of benzene rings is 1. The van der Waals surface area contributed by atoms with E-state index < -0.39 is 0 Å². The van der Waals surface area contributed by atoms with Crippen LogP contribution in [0.3, 0.4) is 0 Å². The van der Waals surface area contributed by atoms with Crippen LogP contribution < -0.4 is 9.64 Å². The highest BCUT2D eigenvalue weighted by atomic mass is 16.5. The second-order valence-electron chi connectivity index (χ2n) is 7.65. The highest BCUT2D eigenvalue weighted by Gasteiger charge is 2.17. The van der Waals surface area contributed by atoms with Crippen molar-refractivity contribution in [3.8, 4) is 6.01 Å². The van der Waals surface area contributed by atoms with E-state index >= 15 is 0 Å². The summed E-state index contributed by atoms with van der Waals surface area (Å²) >= 11 is 0. The first-order valence-corrected chi connectivity index (χ1v) is 11.0. The van der Waals surface area contributed by atoms with Crippen molar-refractivity contribution < 1.29 is 9.47 Å². The fourth-order valence-electron chi connectivity index (χ4n) is 3.66. The summed E-state index contributed by atoms with van der Waals surface area (Å²) in [6.07, 6.45) is 8.11. The van der Waals surface area contributed by atoms with E-state index in [0.717, 1.165) is 41.5 Å². The number of nitrogens with one attached hydrogen (secondary N) is 1. The molecule has 1 fully saturated rings. The molecule has 0 unspecified atom stereocenters. The molecule has 0 aliphatic carbocycles. The van der Waals surface area contributed by atoms with Gasteiger partial charge in [0.2, 0.25) is 5.95 Å². The molecule has 1 saturated heterocycles. The number of ether oxygens (including phenoxy) is 2. The molecule has 3 aromatic heterocycles. The van der Waals surface area contributed by atoms with Crippen molar-refractivity contribution in [2.24, 2.45) is 4.99 Å². The predicted molar refractivity (Wildman–Crippen MR) is 126 cm³/mol. The summed E-state index contributed by atoms with van der Waals surface area (Å²) in [7, 11) is 0. The molecule has 1 aliphatic rings. The van der Waals surface area contributed by atoms with Crippen LogP contribution in [0.15, 0.2) is 60.0 Å². The topological polar surface area (TPSA) is 101 Å². The van der Waals surface area contributed by atoms with Gasteiger partial charge in [-0.3, -0.25) is 9.98 Å². The van der Waals surface area contributed by atoms with Crippen LogP contribution in [-0.2, 0) is 17.7 Å². The number of aromatic nitrogens is 5. The summed E-state index contributed by atoms with van der Waals surface area (Å²) in [5.74, 6) is 1.17. The number of anilines is 1.